The number of carbonyl (C=O) groups excluding carboxylic acids is 2. The summed E-state index contributed by atoms with van der Waals surface area (Å²) in [6.07, 6.45) is 0.981. The Balaban J connectivity index is 1.60. The Morgan fingerprint density at radius 2 is 1.61 bits per heavy atom. The number of imide groups is 1. The van der Waals surface area contributed by atoms with Crippen molar-refractivity contribution in [2.24, 2.45) is 5.92 Å². The molecule has 0 spiro atoms. The number of anilines is 1. The Labute approximate surface area is 171 Å². The Hall–Kier alpha value is -2.22. The second kappa shape index (κ2) is 6.69. The van der Waals surface area contributed by atoms with Crippen LogP contribution >= 0.6 is 15.9 Å². The molecule has 0 radical (unpaired) electrons. The first kappa shape index (κ1) is 17.8. The van der Waals surface area contributed by atoms with E-state index in [1.807, 2.05) is 36.4 Å². The fraction of sp³-hybridized carbons (Fsp3) is 0.333. The monoisotopic (exact) mass is 441 g/mol. The number of benzene rings is 2. The summed E-state index contributed by atoms with van der Waals surface area (Å²) in [5.74, 6) is 0.0411. The molecule has 2 aromatic carbocycles. The molecule has 6 nitrogen and oxygen atoms in total. The third kappa shape index (κ3) is 2.46. The van der Waals surface area contributed by atoms with Crippen LogP contribution in [-0.2, 0) is 9.59 Å². The highest BCUT2D eigenvalue weighted by atomic mass is 79.9. The van der Waals surface area contributed by atoms with E-state index in [0.717, 1.165) is 35.3 Å². The molecule has 0 aliphatic carbocycles. The van der Waals surface area contributed by atoms with Crippen molar-refractivity contribution in [3.8, 4) is 5.75 Å². The Morgan fingerprint density at radius 1 is 0.929 bits per heavy atom. The van der Waals surface area contributed by atoms with Crippen LogP contribution in [0.2, 0.25) is 0 Å². The number of amides is 2. The minimum absolute atomic E-state index is 0.136. The van der Waals surface area contributed by atoms with Crippen molar-refractivity contribution in [1.82, 2.24) is 10.0 Å². The van der Waals surface area contributed by atoms with Gasteiger partial charge in [-0.15, -0.1) is 0 Å². The maximum atomic E-state index is 13.5. The molecule has 2 amide bonds. The van der Waals surface area contributed by atoms with Crippen LogP contribution in [0.25, 0.3) is 0 Å². The van der Waals surface area contributed by atoms with Crippen molar-refractivity contribution in [1.29, 1.82) is 0 Å². The molecular weight excluding hydrogens is 422 g/mol. The Kier molecular flexibility index (Phi) is 4.26. The van der Waals surface area contributed by atoms with E-state index in [1.165, 1.54) is 4.90 Å². The number of fused-ring (bicyclic) bond motifs is 3. The highest BCUT2D eigenvalue weighted by molar-refractivity contribution is 9.10. The molecule has 3 saturated heterocycles. The van der Waals surface area contributed by atoms with Gasteiger partial charge in [0.15, 0.2) is 0 Å². The number of methoxy groups -OCH3 is 1. The molecule has 3 aliphatic heterocycles. The number of hydrogen-bond donors (Lipinski definition) is 0. The summed E-state index contributed by atoms with van der Waals surface area (Å²) >= 11 is 3.41. The topological polar surface area (TPSA) is 53.1 Å². The third-order valence-electron chi connectivity index (χ3n) is 5.95. The molecule has 144 valence electrons. The fourth-order valence-electron chi connectivity index (χ4n) is 4.84. The number of halogens is 1. The van der Waals surface area contributed by atoms with E-state index in [4.69, 9.17) is 4.74 Å². The van der Waals surface area contributed by atoms with Gasteiger partial charge in [-0.2, -0.15) is 0 Å². The SMILES string of the molecule is COc1ccccc1[C@H]1[C@H]2C(=O)N(c3ccc(Br)cc3)C(=O)[C@H]2N2CCCN12. The third-order valence-corrected chi connectivity index (χ3v) is 6.48. The van der Waals surface area contributed by atoms with E-state index in [-0.39, 0.29) is 17.9 Å². The second-order valence-electron chi connectivity index (χ2n) is 7.33. The minimum Gasteiger partial charge on any atom is -0.496 e. The number of ether oxygens (including phenoxy) is 1. The van der Waals surface area contributed by atoms with E-state index in [9.17, 15) is 9.59 Å². The summed E-state index contributed by atoms with van der Waals surface area (Å²) in [5, 5.41) is 4.29. The standard InChI is InChI=1S/C21H20BrN3O3/c1-28-16-6-3-2-5-15(16)18-17-19(24-12-4-11-23(18)24)21(27)25(20(17)26)14-9-7-13(22)8-10-14/h2-3,5-10,17-19H,4,11-12H2,1H3/t17-,18+,19+/m1/s1. The predicted molar refractivity (Wildman–Crippen MR) is 108 cm³/mol. The first-order chi connectivity index (χ1) is 13.6. The summed E-state index contributed by atoms with van der Waals surface area (Å²) in [6, 6.07) is 14.5. The van der Waals surface area contributed by atoms with Gasteiger partial charge < -0.3 is 4.74 Å². The van der Waals surface area contributed by atoms with Crippen molar-refractivity contribution in [2.45, 2.75) is 18.5 Å². The lowest BCUT2D eigenvalue weighted by atomic mass is 9.89. The first-order valence-corrected chi connectivity index (χ1v) is 10.2. The second-order valence-corrected chi connectivity index (χ2v) is 8.24. The summed E-state index contributed by atoms with van der Waals surface area (Å²) in [5.41, 5.74) is 1.58. The zero-order valence-corrected chi connectivity index (χ0v) is 17.0. The van der Waals surface area contributed by atoms with Gasteiger partial charge in [0.05, 0.1) is 24.8 Å². The lowest BCUT2D eigenvalue weighted by molar-refractivity contribution is -0.126. The summed E-state index contributed by atoms with van der Waals surface area (Å²) in [4.78, 5) is 28.2. The van der Waals surface area contributed by atoms with E-state index in [2.05, 4.69) is 25.9 Å². The lowest BCUT2D eigenvalue weighted by Gasteiger charge is -2.30. The van der Waals surface area contributed by atoms with Gasteiger partial charge in [0.1, 0.15) is 11.8 Å². The van der Waals surface area contributed by atoms with Gasteiger partial charge in [-0.25, -0.2) is 14.9 Å². The molecule has 3 aliphatic rings. The molecule has 3 fully saturated rings. The largest absolute Gasteiger partial charge is 0.496 e. The maximum Gasteiger partial charge on any atom is 0.253 e. The molecule has 3 heterocycles. The van der Waals surface area contributed by atoms with Gasteiger partial charge in [0, 0.05) is 23.1 Å². The van der Waals surface area contributed by atoms with E-state index < -0.39 is 12.0 Å². The molecule has 3 atom stereocenters. The fourth-order valence-corrected chi connectivity index (χ4v) is 5.11. The van der Waals surface area contributed by atoms with Crippen LogP contribution in [-0.4, -0.2) is 48.1 Å². The zero-order chi connectivity index (χ0) is 19.4. The van der Waals surface area contributed by atoms with Crippen molar-refractivity contribution in [2.75, 3.05) is 25.1 Å². The molecule has 2 aromatic rings. The zero-order valence-electron chi connectivity index (χ0n) is 15.4. The first-order valence-electron chi connectivity index (χ1n) is 9.41. The maximum absolute atomic E-state index is 13.5. The van der Waals surface area contributed by atoms with Crippen LogP contribution in [0.1, 0.15) is 18.0 Å². The van der Waals surface area contributed by atoms with Crippen molar-refractivity contribution in [3.05, 3.63) is 58.6 Å². The number of para-hydroxylation sites is 1. The Morgan fingerprint density at radius 3 is 2.32 bits per heavy atom. The summed E-state index contributed by atoms with van der Waals surface area (Å²) < 4.78 is 6.49. The van der Waals surface area contributed by atoms with Crippen molar-refractivity contribution in [3.63, 3.8) is 0 Å². The van der Waals surface area contributed by atoms with Gasteiger partial charge in [0.25, 0.3) is 5.91 Å². The highest BCUT2D eigenvalue weighted by Gasteiger charge is 2.63. The normalized spacial score (nSPS) is 27.4. The molecular formula is C21H20BrN3O3. The van der Waals surface area contributed by atoms with E-state index >= 15 is 0 Å². The van der Waals surface area contributed by atoms with Gasteiger partial charge in [-0.05, 0) is 36.8 Å². The van der Waals surface area contributed by atoms with E-state index in [0.29, 0.717) is 5.69 Å². The smallest absolute Gasteiger partial charge is 0.253 e. The Bertz CT molecular complexity index is 948. The average Bonchev–Trinajstić information content (AvgIpc) is 3.35. The molecule has 0 bridgehead atoms. The summed E-state index contributed by atoms with van der Waals surface area (Å²) in [6.45, 7) is 1.63. The van der Waals surface area contributed by atoms with Gasteiger partial charge in [-0.1, -0.05) is 34.1 Å². The molecule has 0 aromatic heterocycles. The molecule has 7 heteroatoms. The molecule has 28 heavy (non-hydrogen) atoms. The predicted octanol–water partition coefficient (Wildman–Crippen LogP) is 2.99. The molecule has 0 N–H and O–H groups in total. The van der Waals surface area contributed by atoms with Crippen LogP contribution in [0.5, 0.6) is 5.75 Å². The number of carbonyl (C=O) groups is 2. The number of hydrazine groups is 1. The lowest BCUT2D eigenvalue weighted by Crippen LogP contribution is -2.44. The van der Waals surface area contributed by atoms with E-state index in [1.54, 1.807) is 19.2 Å². The molecule has 0 saturated carbocycles. The molecule has 5 rings (SSSR count). The van der Waals surface area contributed by atoms with Crippen LogP contribution in [0.15, 0.2) is 53.0 Å². The van der Waals surface area contributed by atoms with Crippen LogP contribution in [0, 0.1) is 5.92 Å². The van der Waals surface area contributed by atoms with Crippen molar-refractivity contribution >= 4 is 33.4 Å². The average molecular weight is 442 g/mol. The van der Waals surface area contributed by atoms with Crippen LogP contribution < -0.4 is 9.64 Å². The van der Waals surface area contributed by atoms with Gasteiger partial charge in [-0.3, -0.25) is 9.59 Å². The quantitative estimate of drug-likeness (QED) is 0.685. The number of nitrogens with zero attached hydrogens (tertiary/aromatic N) is 3. The number of rotatable bonds is 3. The van der Waals surface area contributed by atoms with Crippen molar-refractivity contribution < 1.29 is 14.3 Å². The van der Waals surface area contributed by atoms with Crippen LogP contribution in [0.4, 0.5) is 5.69 Å². The summed E-state index contributed by atoms with van der Waals surface area (Å²) in [7, 11) is 1.64. The van der Waals surface area contributed by atoms with Gasteiger partial charge in [0.2, 0.25) is 5.91 Å². The number of hydrogen-bond acceptors (Lipinski definition) is 5. The molecule has 0 unspecified atom stereocenters. The van der Waals surface area contributed by atoms with Gasteiger partial charge >= 0.3 is 0 Å². The highest BCUT2D eigenvalue weighted by Crippen LogP contribution is 2.50. The van der Waals surface area contributed by atoms with Crippen LogP contribution in [0.3, 0.4) is 0 Å². The minimum atomic E-state index is -0.450.